The molecule has 0 amide bonds. The Labute approximate surface area is 116 Å². The Bertz CT molecular complexity index is 631. The Hall–Kier alpha value is -2.41. The number of nitrogens with one attached hydrogen (secondary N) is 1. The molecule has 102 valence electrons. The van der Waals surface area contributed by atoms with Gasteiger partial charge in [0.05, 0.1) is 18.2 Å². The van der Waals surface area contributed by atoms with Gasteiger partial charge in [-0.15, -0.1) is 0 Å². The van der Waals surface area contributed by atoms with Crippen LogP contribution in [0.3, 0.4) is 0 Å². The van der Waals surface area contributed by atoms with Gasteiger partial charge in [0.15, 0.2) is 0 Å². The minimum Gasteiger partial charge on any atom is -0.378 e. The number of alkyl halides is 2. The third kappa shape index (κ3) is 3.12. The minimum absolute atomic E-state index is 0.0263. The van der Waals surface area contributed by atoms with E-state index in [4.69, 9.17) is 5.26 Å². The molecule has 4 heteroatoms. The number of hydrogen-bond donors (Lipinski definition) is 1. The summed E-state index contributed by atoms with van der Waals surface area (Å²) in [5.74, 6) is -2.96. The van der Waals surface area contributed by atoms with E-state index in [1.165, 1.54) is 12.1 Å². The second kappa shape index (κ2) is 5.70. The Morgan fingerprint density at radius 3 is 2.50 bits per heavy atom. The van der Waals surface area contributed by atoms with Crippen molar-refractivity contribution in [2.24, 2.45) is 0 Å². The van der Waals surface area contributed by atoms with Gasteiger partial charge in [0.1, 0.15) is 0 Å². The number of rotatable bonds is 4. The molecule has 0 saturated carbocycles. The van der Waals surface area contributed by atoms with E-state index in [9.17, 15) is 8.78 Å². The molecule has 20 heavy (non-hydrogen) atoms. The van der Waals surface area contributed by atoms with Crippen LogP contribution in [0.2, 0.25) is 0 Å². The van der Waals surface area contributed by atoms with Gasteiger partial charge in [-0.1, -0.05) is 36.4 Å². The van der Waals surface area contributed by atoms with Gasteiger partial charge < -0.3 is 5.32 Å². The molecule has 0 aliphatic rings. The van der Waals surface area contributed by atoms with Crippen molar-refractivity contribution in [2.45, 2.75) is 12.8 Å². The first kappa shape index (κ1) is 14.0. The second-order valence-electron chi connectivity index (χ2n) is 4.57. The van der Waals surface area contributed by atoms with E-state index in [2.05, 4.69) is 5.32 Å². The highest BCUT2D eigenvalue weighted by atomic mass is 19.3. The molecule has 2 rings (SSSR count). The molecular weight excluding hydrogens is 258 g/mol. The summed E-state index contributed by atoms with van der Waals surface area (Å²) in [6, 6.07) is 14.7. The molecule has 0 fully saturated rings. The number of nitrogens with zero attached hydrogens (tertiary/aromatic N) is 1. The fraction of sp³-hybridized carbons (Fsp3) is 0.188. The molecule has 2 aromatic rings. The molecule has 0 bridgehead atoms. The van der Waals surface area contributed by atoms with Gasteiger partial charge in [-0.25, -0.2) is 0 Å². The van der Waals surface area contributed by atoms with Gasteiger partial charge in [-0.2, -0.15) is 14.0 Å². The van der Waals surface area contributed by atoms with E-state index in [1.807, 2.05) is 13.0 Å². The lowest BCUT2D eigenvalue weighted by molar-refractivity contribution is 0.0106. The van der Waals surface area contributed by atoms with E-state index in [1.54, 1.807) is 36.4 Å². The smallest absolute Gasteiger partial charge is 0.290 e. The summed E-state index contributed by atoms with van der Waals surface area (Å²) >= 11 is 0. The topological polar surface area (TPSA) is 35.8 Å². The van der Waals surface area contributed by atoms with Crippen LogP contribution >= 0.6 is 0 Å². The number of anilines is 1. The van der Waals surface area contributed by atoms with Crippen LogP contribution in [0.25, 0.3) is 0 Å². The third-order valence-corrected chi connectivity index (χ3v) is 3.06. The molecule has 0 radical (unpaired) electrons. The fourth-order valence-corrected chi connectivity index (χ4v) is 1.87. The summed E-state index contributed by atoms with van der Waals surface area (Å²) in [6.07, 6.45) is 0. The van der Waals surface area contributed by atoms with Crippen molar-refractivity contribution in [1.29, 1.82) is 5.26 Å². The molecule has 0 saturated heterocycles. The van der Waals surface area contributed by atoms with E-state index in [0.29, 0.717) is 11.3 Å². The van der Waals surface area contributed by atoms with Gasteiger partial charge in [0.25, 0.3) is 5.92 Å². The van der Waals surface area contributed by atoms with Crippen LogP contribution in [-0.4, -0.2) is 6.54 Å². The van der Waals surface area contributed by atoms with Crippen molar-refractivity contribution in [1.82, 2.24) is 0 Å². The van der Waals surface area contributed by atoms with Crippen LogP contribution in [0.5, 0.6) is 0 Å². The average Bonchev–Trinajstić information content (AvgIpc) is 2.47. The maximum absolute atomic E-state index is 14.0. The van der Waals surface area contributed by atoms with Crippen LogP contribution in [-0.2, 0) is 5.92 Å². The Kier molecular flexibility index (Phi) is 3.99. The van der Waals surface area contributed by atoms with Crippen molar-refractivity contribution in [3.63, 3.8) is 0 Å². The number of halogens is 2. The quantitative estimate of drug-likeness (QED) is 0.910. The van der Waals surface area contributed by atoms with Crippen LogP contribution in [0.15, 0.2) is 48.5 Å². The Morgan fingerprint density at radius 2 is 1.85 bits per heavy atom. The van der Waals surface area contributed by atoms with Crippen molar-refractivity contribution in [3.05, 3.63) is 65.2 Å². The zero-order valence-corrected chi connectivity index (χ0v) is 11.0. The zero-order chi connectivity index (χ0) is 14.6. The first-order valence-corrected chi connectivity index (χ1v) is 6.21. The van der Waals surface area contributed by atoms with Crippen LogP contribution in [0.1, 0.15) is 16.7 Å². The predicted octanol–water partition coefficient (Wildman–Crippen LogP) is 4.07. The number of benzene rings is 2. The maximum atomic E-state index is 14.0. The molecule has 2 aromatic carbocycles. The van der Waals surface area contributed by atoms with Gasteiger partial charge in [0, 0.05) is 11.3 Å². The summed E-state index contributed by atoms with van der Waals surface area (Å²) in [7, 11) is 0. The van der Waals surface area contributed by atoms with E-state index >= 15 is 0 Å². The van der Waals surface area contributed by atoms with Crippen molar-refractivity contribution in [2.75, 3.05) is 11.9 Å². The van der Waals surface area contributed by atoms with Gasteiger partial charge in [0.2, 0.25) is 0 Å². The molecule has 1 N–H and O–H groups in total. The lowest BCUT2D eigenvalue weighted by atomic mass is 10.1. The van der Waals surface area contributed by atoms with E-state index in [0.717, 1.165) is 5.56 Å². The second-order valence-corrected chi connectivity index (χ2v) is 4.57. The first-order valence-electron chi connectivity index (χ1n) is 6.21. The molecule has 0 aromatic heterocycles. The molecule has 0 unspecified atom stereocenters. The molecule has 0 atom stereocenters. The highest BCUT2D eigenvalue weighted by Crippen LogP contribution is 2.28. The number of nitriles is 1. The zero-order valence-electron chi connectivity index (χ0n) is 11.0. The van der Waals surface area contributed by atoms with Crippen molar-refractivity contribution < 1.29 is 8.78 Å². The summed E-state index contributed by atoms with van der Waals surface area (Å²) in [6.45, 7) is 1.30. The summed E-state index contributed by atoms with van der Waals surface area (Å²) in [5, 5.41) is 11.6. The summed E-state index contributed by atoms with van der Waals surface area (Å²) in [4.78, 5) is 0. The van der Waals surface area contributed by atoms with E-state index in [-0.39, 0.29) is 5.56 Å². The first-order chi connectivity index (χ1) is 9.53. The minimum atomic E-state index is -2.96. The molecule has 0 heterocycles. The Morgan fingerprint density at radius 1 is 1.15 bits per heavy atom. The average molecular weight is 272 g/mol. The summed E-state index contributed by atoms with van der Waals surface area (Å²) in [5.41, 5.74) is 1.80. The number of hydrogen-bond acceptors (Lipinski definition) is 2. The SMILES string of the molecule is Cc1ccc(C#N)cc1NCC(F)(F)c1ccccc1. The van der Waals surface area contributed by atoms with Gasteiger partial charge in [-0.3, -0.25) is 0 Å². The molecule has 0 spiro atoms. The highest BCUT2D eigenvalue weighted by Gasteiger charge is 2.31. The third-order valence-electron chi connectivity index (χ3n) is 3.06. The number of aryl methyl sites for hydroxylation is 1. The Balaban J connectivity index is 2.14. The van der Waals surface area contributed by atoms with Gasteiger partial charge >= 0.3 is 0 Å². The van der Waals surface area contributed by atoms with Crippen LogP contribution in [0.4, 0.5) is 14.5 Å². The summed E-state index contributed by atoms with van der Waals surface area (Å²) < 4.78 is 28.1. The van der Waals surface area contributed by atoms with Crippen molar-refractivity contribution in [3.8, 4) is 6.07 Å². The van der Waals surface area contributed by atoms with Crippen LogP contribution in [0, 0.1) is 18.3 Å². The molecule has 2 nitrogen and oxygen atoms in total. The van der Waals surface area contributed by atoms with Crippen molar-refractivity contribution >= 4 is 5.69 Å². The largest absolute Gasteiger partial charge is 0.378 e. The maximum Gasteiger partial charge on any atom is 0.290 e. The normalized spacial score (nSPS) is 10.9. The lowest BCUT2D eigenvalue weighted by Gasteiger charge is -2.19. The van der Waals surface area contributed by atoms with E-state index < -0.39 is 12.5 Å². The van der Waals surface area contributed by atoms with Gasteiger partial charge in [-0.05, 0) is 24.6 Å². The molecular formula is C16H14F2N2. The fourth-order valence-electron chi connectivity index (χ4n) is 1.87. The monoisotopic (exact) mass is 272 g/mol. The highest BCUT2D eigenvalue weighted by molar-refractivity contribution is 5.55. The standard InChI is InChI=1S/C16H14F2N2/c1-12-7-8-13(10-19)9-15(12)20-11-16(17,18)14-5-3-2-4-6-14/h2-9,20H,11H2,1H3. The van der Waals surface area contributed by atoms with Crippen LogP contribution < -0.4 is 5.32 Å². The predicted molar refractivity (Wildman–Crippen MR) is 74.7 cm³/mol. The molecule has 0 aliphatic heterocycles. The molecule has 0 aliphatic carbocycles. The lowest BCUT2D eigenvalue weighted by Crippen LogP contribution is -2.24.